The van der Waals surface area contributed by atoms with Gasteiger partial charge in [0.05, 0.1) is 13.2 Å². The van der Waals surface area contributed by atoms with Crippen molar-refractivity contribution in [3.8, 4) is 0 Å². The third-order valence-electron chi connectivity index (χ3n) is 2.78. The number of halogens is 1. The van der Waals surface area contributed by atoms with E-state index >= 15 is 0 Å². The molecule has 1 aliphatic rings. The minimum atomic E-state index is 0.0420. The molecule has 0 saturated carbocycles. The predicted octanol–water partition coefficient (Wildman–Crippen LogP) is 2.53. The highest BCUT2D eigenvalue weighted by atomic mass is 127. The molecule has 0 aromatic heterocycles. The van der Waals surface area contributed by atoms with Crippen LogP contribution < -0.4 is 0 Å². The van der Waals surface area contributed by atoms with Gasteiger partial charge in [0.15, 0.2) is 5.78 Å². The van der Waals surface area contributed by atoms with Crippen molar-refractivity contribution < 1.29 is 14.3 Å². The molecule has 0 amide bonds. The Morgan fingerprint density at radius 3 is 2.82 bits per heavy atom. The first-order valence-electron chi connectivity index (χ1n) is 5.70. The Bertz CT molecular complexity index is 369. The summed E-state index contributed by atoms with van der Waals surface area (Å²) in [5, 5.41) is 0. The van der Waals surface area contributed by atoms with Crippen LogP contribution in [-0.4, -0.2) is 32.2 Å². The highest BCUT2D eigenvalue weighted by Crippen LogP contribution is 2.13. The summed E-state index contributed by atoms with van der Waals surface area (Å²) in [5.74, 6) is 0.500. The fourth-order valence-corrected chi connectivity index (χ4v) is 2.11. The van der Waals surface area contributed by atoms with Crippen LogP contribution in [0.25, 0.3) is 0 Å². The minimum absolute atomic E-state index is 0.0420. The van der Waals surface area contributed by atoms with Crippen LogP contribution in [-0.2, 0) is 9.47 Å². The first kappa shape index (κ1) is 13.0. The van der Waals surface area contributed by atoms with Gasteiger partial charge in [-0.25, -0.2) is 0 Å². The zero-order valence-electron chi connectivity index (χ0n) is 9.52. The van der Waals surface area contributed by atoms with E-state index in [4.69, 9.17) is 9.47 Å². The standard InChI is InChI=1S/C13H15IO3/c14-12-3-1-11(2-4-12)13(15)9-17-8-10-5-6-16-7-10/h1-4,10H,5-9H2. The van der Waals surface area contributed by atoms with E-state index in [2.05, 4.69) is 22.6 Å². The highest BCUT2D eigenvalue weighted by Gasteiger charge is 2.16. The summed E-state index contributed by atoms with van der Waals surface area (Å²) < 4.78 is 11.8. The second-order valence-corrected chi connectivity index (χ2v) is 5.42. The molecule has 1 atom stereocenters. The van der Waals surface area contributed by atoms with Gasteiger partial charge in [-0.05, 0) is 41.1 Å². The smallest absolute Gasteiger partial charge is 0.188 e. The Balaban J connectivity index is 1.75. The molecule has 0 bridgehead atoms. The van der Waals surface area contributed by atoms with Gasteiger partial charge in [-0.3, -0.25) is 4.79 Å². The molecule has 3 nitrogen and oxygen atoms in total. The maximum atomic E-state index is 11.8. The van der Waals surface area contributed by atoms with Gasteiger partial charge in [0, 0.05) is 21.7 Å². The van der Waals surface area contributed by atoms with Crippen molar-refractivity contribution in [3.05, 3.63) is 33.4 Å². The van der Waals surface area contributed by atoms with Crippen LogP contribution in [0.3, 0.4) is 0 Å². The van der Waals surface area contributed by atoms with E-state index in [1.807, 2.05) is 24.3 Å². The van der Waals surface area contributed by atoms with Crippen molar-refractivity contribution >= 4 is 28.4 Å². The molecule has 4 heteroatoms. The molecule has 1 aromatic carbocycles. The molecule has 1 aliphatic heterocycles. The van der Waals surface area contributed by atoms with Gasteiger partial charge in [-0.1, -0.05) is 12.1 Å². The monoisotopic (exact) mass is 346 g/mol. The fraction of sp³-hybridized carbons (Fsp3) is 0.462. The molecule has 1 aromatic rings. The van der Waals surface area contributed by atoms with Crippen LogP contribution in [0.5, 0.6) is 0 Å². The van der Waals surface area contributed by atoms with Crippen molar-refractivity contribution in [2.24, 2.45) is 5.92 Å². The van der Waals surface area contributed by atoms with Gasteiger partial charge >= 0.3 is 0 Å². The fourth-order valence-electron chi connectivity index (χ4n) is 1.75. The SMILES string of the molecule is O=C(COCC1CCOC1)c1ccc(I)cc1. The lowest BCUT2D eigenvalue weighted by molar-refractivity contribution is 0.0652. The molecule has 1 unspecified atom stereocenters. The Morgan fingerprint density at radius 1 is 1.41 bits per heavy atom. The Labute approximate surface area is 115 Å². The molecule has 0 N–H and O–H groups in total. The van der Waals surface area contributed by atoms with E-state index in [0.717, 1.165) is 23.2 Å². The van der Waals surface area contributed by atoms with E-state index in [1.165, 1.54) is 0 Å². The van der Waals surface area contributed by atoms with E-state index in [-0.39, 0.29) is 12.4 Å². The molecule has 2 rings (SSSR count). The third-order valence-corrected chi connectivity index (χ3v) is 3.50. The van der Waals surface area contributed by atoms with Gasteiger partial charge in [0.25, 0.3) is 0 Å². The first-order valence-corrected chi connectivity index (χ1v) is 6.78. The Kier molecular flexibility index (Phi) is 4.94. The molecule has 0 spiro atoms. The number of carbonyl (C=O) groups excluding carboxylic acids is 1. The summed E-state index contributed by atoms with van der Waals surface area (Å²) in [7, 11) is 0. The summed E-state index contributed by atoms with van der Waals surface area (Å²) in [6.45, 7) is 2.37. The van der Waals surface area contributed by atoms with Crippen molar-refractivity contribution in [3.63, 3.8) is 0 Å². The van der Waals surface area contributed by atoms with Crippen LogP contribution in [0.4, 0.5) is 0 Å². The number of ether oxygens (including phenoxy) is 2. The topological polar surface area (TPSA) is 35.5 Å². The maximum Gasteiger partial charge on any atom is 0.188 e. The van der Waals surface area contributed by atoms with Crippen LogP contribution in [0.2, 0.25) is 0 Å². The van der Waals surface area contributed by atoms with E-state index in [0.29, 0.717) is 18.1 Å². The summed E-state index contributed by atoms with van der Waals surface area (Å²) in [4.78, 5) is 11.8. The van der Waals surface area contributed by atoms with E-state index < -0.39 is 0 Å². The van der Waals surface area contributed by atoms with Gasteiger partial charge in [0.2, 0.25) is 0 Å². The lowest BCUT2D eigenvalue weighted by atomic mass is 10.1. The normalized spacial score (nSPS) is 19.5. The van der Waals surface area contributed by atoms with Crippen molar-refractivity contribution in [1.82, 2.24) is 0 Å². The Morgan fingerprint density at radius 2 is 2.18 bits per heavy atom. The number of hydrogen-bond donors (Lipinski definition) is 0. The molecule has 1 saturated heterocycles. The van der Waals surface area contributed by atoms with Crippen molar-refractivity contribution in [2.45, 2.75) is 6.42 Å². The molecule has 1 fully saturated rings. The highest BCUT2D eigenvalue weighted by molar-refractivity contribution is 14.1. The molecule has 0 radical (unpaired) electrons. The average Bonchev–Trinajstić information content (AvgIpc) is 2.83. The maximum absolute atomic E-state index is 11.8. The van der Waals surface area contributed by atoms with Gasteiger partial charge < -0.3 is 9.47 Å². The summed E-state index contributed by atoms with van der Waals surface area (Å²) >= 11 is 2.22. The van der Waals surface area contributed by atoms with Gasteiger partial charge in [-0.2, -0.15) is 0 Å². The van der Waals surface area contributed by atoms with Gasteiger partial charge in [-0.15, -0.1) is 0 Å². The lowest BCUT2D eigenvalue weighted by Gasteiger charge is -2.08. The number of carbonyl (C=O) groups is 1. The second-order valence-electron chi connectivity index (χ2n) is 4.17. The van der Waals surface area contributed by atoms with Crippen LogP contribution in [0, 0.1) is 9.49 Å². The first-order chi connectivity index (χ1) is 8.25. The molecular weight excluding hydrogens is 331 g/mol. The quantitative estimate of drug-likeness (QED) is 0.607. The zero-order valence-corrected chi connectivity index (χ0v) is 11.7. The van der Waals surface area contributed by atoms with Gasteiger partial charge in [0.1, 0.15) is 6.61 Å². The number of hydrogen-bond acceptors (Lipinski definition) is 3. The number of rotatable bonds is 5. The van der Waals surface area contributed by atoms with Crippen LogP contribution >= 0.6 is 22.6 Å². The van der Waals surface area contributed by atoms with E-state index in [1.54, 1.807) is 0 Å². The number of Topliss-reactive ketones (excluding diaryl/α,β-unsaturated/α-hetero) is 1. The number of benzene rings is 1. The Hall–Kier alpha value is -0.460. The minimum Gasteiger partial charge on any atom is -0.381 e. The lowest BCUT2D eigenvalue weighted by Crippen LogP contribution is -2.15. The summed E-state index contributed by atoms with van der Waals surface area (Å²) in [6.07, 6.45) is 1.04. The molecule has 1 heterocycles. The van der Waals surface area contributed by atoms with Crippen LogP contribution in [0.1, 0.15) is 16.8 Å². The van der Waals surface area contributed by atoms with E-state index in [9.17, 15) is 4.79 Å². The zero-order chi connectivity index (χ0) is 12.1. The predicted molar refractivity (Wildman–Crippen MR) is 73.2 cm³/mol. The van der Waals surface area contributed by atoms with Crippen LogP contribution in [0.15, 0.2) is 24.3 Å². The largest absolute Gasteiger partial charge is 0.381 e. The summed E-state index contributed by atoms with van der Waals surface area (Å²) in [5.41, 5.74) is 0.716. The number of ketones is 1. The molecule has 92 valence electrons. The van der Waals surface area contributed by atoms with Crippen molar-refractivity contribution in [2.75, 3.05) is 26.4 Å². The molecule has 17 heavy (non-hydrogen) atoms. The second kappa shape index (κ2) is 6.47. The molecule has 0 aliphatic carbocycles. The summed E-state index contributed by atoms with van der Waals surface area (Å²) in [6, 6.07) is 7.54. The molecular formula is C13H15IO3. The average molecular weight is 346 g/mol. The third kappa shape index (κ3) is 4.04. The van der Waals surface area contributed by atoms with Crippen molar-refractivity contribution in [1.29, 1.82) is 0 Å².